The molecule has 128 valence electrons. The summed E-state index contributed by atoms with van der Waals surface area (Å²) in [5, 5.41) is 0. The highest BCUT2D eigenvalue weighted by atomic mass is 79.9. The molecule has 0 spiro atoms. The van der Waals surface area contributed by atoms with Crippen LogP contribution in [0.15, 0.2) is 88.4 Å². The van der Waals surface area contributed by atoms with Crippen molar-refractivity contribution in [3.05, 3.63) is 89.7 Å². The monoisotopic (exact) mass is 404 g/mol. The third-order valence-electron chi connectivity index (χ3n) is 4.26. The molecule has 0 aliphatic carbocycles. The van der Waals surface area contributed by atoms with Gasteiger partial charge in [0.2, 0.25) is 0 Å². The second kappa shape index (κ2) is 6.81. The number of oxazole rings is 1. The highest BCUT2D eigenvalue weighted by Gasteiger charge is 2.18. The molecule has 26 heavy (non-hydrogen) atoms. The Bertz CT molecular complexity index is 1160. The Morgan fingerprint density at radius 3 is 2.69 bits per heavy atom. The molecular weight excluding hydrogens is 388 g/mol. The van der Waals surface area contributed by atoms with Crippen LogP contribution in [0.25, 0.3) is 33.6 Å². The lowest BCUT2D eigenvalue weighted by Crippen LogP contribution is -1.86. The SMILES string of the molecule is C=C/C(=C\C=C/C)c1nc2oc3ccc(-c4ccccc4)cc3n2c1Br. The molecule has 3 nitrogen and oxygen atoms in total. The van der Waals surface area contributed by atoms with E-state index in [1.807, 2.05) is 53.8 Å². The molecule has 0 fully saturated rings. The third-order valence-corrected chi connectivity index (χ3v) is 4.99. The number of imidazole rings is 1. The minimum atomic E-state index is 0.556. The van der Waals surface area contributed by atoms with Crippen LogP contribution in [0, 0.1) is 0 Å². The number of allylic oxidation sites excluding steroid dienone is 5. The molecular formula is C22H17BrN2O. The molecule has 0 amide bonds. The second-order valence-corrected chi connectivity index (χ2v) is 6.62. The van der Waals surface area contributed by atoms with Crippen LogP contribution in [-0.2, 0) is 0 Å². The van der Waals surface area contributed by atoms with E-state index in [-0.39, 0.29) is 0 Å². The Morgan fingerprint density at radius 1 is 1.15 bits per heavy atom. The minimum Gasteiger partial charge on any atom is -0.423 e. The van der Waals surface area contributed by atoms with Crippen molar-refractivity contribution >= 4 is 38.4 Å². The van der Waals surface area contributed by atoms with Crippen molar-refractivity contribution < 1.29 is 4.42 Å². The van der Waals surface area contributed by atoms with Crippen molar-refractivity contribution in [3.8, 4) is 11.1 Å². The summed E-state index contributed by atoms with van der Waals surface area (Å²) >= 11 is 3.69. The second-order valence-electron chi connectivity index (χ2n) is 5.87. The van der Waals surface area contributed by atoms with Gasteiger partial charge in [-0.15, -0.1) is 0 Å². The number of rotatable bonds is 4. The lowest BCUT2D eigenvalue weighted by molar-refractivity contribution is 0.641. The molecule has 2 aromatic carbocycles. The van der Waals surface area contributed by atoms with Crippen molar-refractivity contribution in [1.29, 1.82) is 0 Å². The molecule has 0 saturated heterocycles. The predicted octanol–water partition coefficient (Wildman–Crippen LogP) is 6.66. The number of fused-ring (bicyclic) bond motifs is 3. The topological polar surface area (TPSA) is 30.4 Å². The molecule has 4 aromatic rings. The Morgan fingerprint density at radius 2 is 1.96 bits per heavy atom. The van der Waals surface area contributed by atoms with E-state index in [9.17, 15) is 0 Å². The molecule has 4 heteroatoms. The highest BCUT2D eigenvalue weighted by molar-refractivity contribution is 9.10. The van der Waals surface area contributed by atoms with Crippen molar-refractivity contribution in [2.45, 2.75) is 6.92 Å². The van der Waals surface area contributed by atoms with Gasteiger partial charge in [0.25, 0.3) is 0 Å². The van der Waals surface area contributed by atoms with Gasteiger partial charge >= 0.3 is 5.84 Å². The van der Waals surface area contributed by atoms with E-state index >= 15 is 0 Å². The third kappa shape index (κ3) is 2.72. The van der Waals surface area contributed by atoms with Crippen molar-refractivity contribution in [1.82, 2.24) is 9.38 Å². The van der Waals surface area contributed by atoms with Gasteiger partial charge in [-0.2, -0.15) is 4.98 Å². The molecule has 4 rings (SSSR count). The first-order valence-electron chi connectivity index (χ1n) is 8.34. The number of nitrogens with zero attached hydrogens (tertiary/aromatic N) is 2. The van der Waals surface area contributed by atoms with Crippen LogP contribution >= 0.6 is 15.9 Å². The van der Waals surface area contributed by atoms with Gasteiger partial charge in [-0.05, 0) is 46.1 Å². The molecule has 0 unspecified atom stereocenters. The van der Waals surface area contributed by atoms with Gasteiger partial charge in [0.05, 0.1) is 5.52 Å². The summed E-state index contributed by atoms with van der Waals surface area (Å²) in [4.78, 5) is 4.65. The Kier molecular flexibility index (Phi) is 4.35. The van der Waals surface area contributed by atoms with Crippen LogP contribution < -0.4 is 0 Å². The predicted molar refractivity (Wildman–Crippen MR) is 111 cm³/mol. The zero-order valence-electron chi connectivity index (χ0n) is 14.3. The van der Waals surface area contributed by atoms with Crippen molar-refractivity contribution in [2.24, 2.45) is 0 Å². The summed E-state index contributed by atoms with van der Waals surface area (Å²) in [5.41, 5.74) is 5.82. The normalized spacial score (nSPS) is 12.5. The van der Waals surface area contributed by atoms with E-state index in [0.717, 1.165) is 32.5 Å². The van der Waals surface area contributed by atoms with Gasteiger partial charge in [-0.1, -0.05) is 67.3 Å². The molecule has 0 radical (unpaired) electrons. The van der Waals surface area contributed by atoms with Gasteiger partial charge in [0.15, 0.2) is 5.58 Å². The highest BCUT2D eigenvalue weighted by Crippen LogP contribution is 2.33. The average molecular weight is 405 g/mol. The Balaban J connectivity index is 1.93. The molecule has 0 aliphatic rings. The maximum Gasteiger partial charge on any atom is 0.308 e. The van der Waals surface area contributed by atoms with E-state index in [1.165, 1.54) is 5.56 Å². The first-order valence-corrected chi connectivity index (χ1v) is 9.14. The van der Waals surface area contributed by atoms with E-state index in [4.69, 9.17) is 4.42 Å². The van der Waals surface area contributed by atoms with Gasteiger partial charge in [-0.25, -0.2) is 0 Å². The minimum absolute atomic E-state index is 0.556. The zero-order chi connectivity index (χ0) is 18.1. The van der Waals surface area contributed by atoms with E-state index < -0.39 is 0 Å². The van der Waals surface area contributed by atoms with Crippen LogP contribution in [0.3, 0.4) is 0 Å². The van der Waals surface area contributed by atoms with Crippen LogP contribution in [0.4, 0.5) is 0 Å². The first-order chi connectivity index (χ1) is 12.7. The molecule has 0 atom stereocenters. The van der Waals surface area contributed by atoms with Gasteiger partial charge in [0.1, 0.15) is 10.3 Å². The van der Waals surface area contributed by atoms with E-state index in [1.54, 1.807) is 6.08 Å². The number of benzene rings is 2. The number of aromatic nitrogens is 2. The molecule has 2 heterocycles. The van der Waals surface area contributed by atoms with E-state index in [0.29, 0.717) is 5.84 Å². The van der Waals surface area contributed by atoms with Gasteiger partial charge in [-0.3, -0.25) is 4.40 Å². The van der Waals surface area contributed by atoms with Gasteiger partial charge < -0.3 is 4.42 Å². The first kappa shape index (κ1) is 16.6. The summed E-state index contributed by atoms with van der Waals surface area (Å²) < 4.78 is 8.79. The standard InChI is InChI=1S/C22H17BrN2O/c1-3-5-9-15(4-2)20-21(23)25-18-14-17(16-10-7-6-8-11-16)12-13-19(18)26-22(25)24-20/h3-14H,2H2,1H3/b5-3-,15-9+. The lowest BCUT2D eigenvalue weighted by atomic mass is 10.1. The average Bonchev–Trinajstić information content (AvgIpc) is 3.19. The summed E-state index contributed by atoms with van der Waals surface area (Å²) in [6, 6.07) is 16.5. The largest absolute Gasteiger partial charge is 0.423 e. The molecule has 0 aliphatic heterocycles. The molecule has 0 bridgehead atoms. The fourth-order valence-electron chi connectivity index (χ4n) is 2.97. The van der Waals surface area contributed by atoms with Gasteiger partial charge in [0, 0.05) is 5.57 Å². The zero-order valence-corrected chi connectivity index (χ0v) is 15.9. The molecule has 0 saturated carbocycles. The Hall–Kier alpha value is -2.85. The summed E-state index contributed by atoms with van der Waals surface area (Å²) in [6.45, 7) is 5.88. The maximum atomic E-state index is 5.95. The molecule has 0 N–H and O–H groups in total. The van der Waals surface area contributed by atoms with Crippen LogP contribution in [0.1, 0.15) is 12.6 Å². The van der Waals surface area contributed by atoms with Crippen molar-refractivity contribution in [3.63, 3.8) is 0 Å². The summed E-state index contributed by atoms with van der Waals surface area (Å²) in [6.07, 6.45) is 7.72. The summed E-state index contributed by atoms with van der Waals surface area (Å²) in [5.74, 6) is 0.556. The Labute approximate surface area is 160 Å². The van der Waals surface area contributed by atoms with Crippen LogP contribution in [0.2, 0.25) is 0 Å². The maximum absolute atomic E-state index is 5.95. The fourth-order valence-corrected chi connectivity index (χ4v) is 3.63. The smallest absolute Gasteiger partial charge is 0.308 e. The quantitative estimate of drug-likeness (QED) is 0.356. The molecule has 2 aromatic heterocycles. The van der Waals surface area contributed by atoms with Crippen LogP contribution in [0.5, 0.6) is 0 Å². The summed E-state index contributed by atoms with van der Waals surface area (Å²) in [7, 11) is 0. The van der Waals surface area contributed by atoms with Crippen molar-refractivity contribution in [2.75, 3.05) is 0 Å². The number of hydrogen-bond acceptors (Lipinski definition) is 2. The number of hydrogen-bond donors (Lipinski definition) is 0. The number of halogens is 1. The fraction of sp³-hybridized carbons (Fsp3) is 0.0455. The van der Waals surface area contributed by atoms with Crippen LogP contribution in [-0.4, -0.2) is 9.38 Å². The van der Waals surface area contributed by atoms with E-state index in [2.05, 4.69) is 51.8 Å². The lowest BCUT2D eigenvalue weighted by Gasteiger charge is -2.02.